The molecule has 6 heteroatoms. The van der Waals surface area contributed by atoms with Crippen molar-refractivity contribution in [2.24, 2.45) is 7.05 Å². The smallest absolute Gasteiger partial charge is 0.180 e. The first kappa shape index (κ1) is 9.01. The van der Waals surface area contributed by atoms with Gasteiger partial charge in [0, 0.05) is 30.4 Å². The average Bonchev–Trinajstić information content (AvgIpc) is 2.72. The van der Waals surface area contributed by atoms with E-state index in [1.165, 1.54) is 11.3 Å². The molecular formula is C8H11N5S. The Hall–Kier alpha value is -1.56. The Balaban J connectivity index is 1.94. The molecular weight excluding hydrogens is 198 g/mol. The van der Waals surface area contributed by atoms with Crippen LogP contribution in [0.2, 0.25) is 0 Å². The third-order valence-electron chi connectivity index (χ3n) is 1.73. The lowest BCUT2D eigenvalue weighted by Gasteiger charge is -1.98. The van der Waals surface area contributed by atoms with E-state index in [1.54, 1.807) is 10.9 Å². The first-order valence-corrected chi connectivity index (χ1v) is 4.99. The molecule has 2 aromatic heterocycles. The normalized spacial score (nSPS) is 10.4. The van der Waals surface area contributed by atoms with Crippen molar-refractivity contribution in [1.29, 1.82) is 0 Å². The molecule has 74 valence electrons. The quantitative estimate of drug-likeness (QED) is 0.793. The van der Waals surface area contributed by atoms with Crippen LogP contribution in [0.5, 0.6) is 0 Å². The number of aryl methyl sites for hydroxylation is 1. The molecule has 0 atom stereocenters. The lowest BCUT2D eigenvalue weighted by atomic mass is 10.5. The van der Waals surface area contributed by atoms with Crippen molar-refractivity contribution >= 4 is 22.3 Å². The van der Waals surface area contributed by atoms with Crippen LogP contribution in [0.3, 0.4) is 0 Å². The minimum absolute atomic E-state index is 0.600. The first-order valence-electron chi connectivity index (χ1n) is 4.18. The average molecular weight is 209 g/mol. The molecule has 0 aliphatic heterocycles. The number of hydrogen-bond acceptors (Lipinski definition) is 5. The molecule has 0 unspecified atom stereocenters. The molecule has 0 aromatic carbocycles. The molecule has 0 bridgehead atoms. The highest BCUT2D eigenvalue weighted by Crippen LogP contribution is 2.15. The summed E-state index contributed by atoms with van der Waals surface area (Å²) in [6.45, 7) is 0.714. The number of hydrogen-bond donors (Lipinski definition) is 2. The van der Waals surface area contributed by atoms with E-state index < -0.39 is 0 Å². The number of nitrogen functional groups attached to an aromatic ring is 1. The Morgan fingerprint density at radius 2 is 2.50 bits per heavy atom. The Kier molecular flexibility index (Phi) is 2.36. The molecule has 0 fully saturated rings. The van der Waals surface area contributed by atoms with Crippen LogP contribution in [0.4, 0.5) is 10.9 Å². The molecule has 5 nitrogen and oxygen atoms in total. The van der Waals surface area contributed by atoms with Crippen molar-refractivity contribution in [2.75, 3.05) is 11.1 Å². The van der Waals surface area contributed by atoms with Gasteiger partial charge >= 0.3 is 0 Å². The predicted molar refractivity (Wildman–Crippen MR) is 57.1 cm³/mol. The van der Waals surface area contributed by atoms with Crippen LogP contribution in [-0.4, -0.2) is 14.8 Å². The maximum Gasteiger partial charge on any atom is 0.180 e. The van der Waals surface area contributed by atoms with Gasteiger partial charge < -0.3 is 11.1 Å². The summed E-state index contributed by atoms with van der Waals surface area (Å²) in [5.41, 5.74) is 5.51. The number of nitrogens with zero attached hydrogens (tertiary/aromatic N) is 3. The fraction of sp³-hybridized carbons (Fsp3) is 0.250. The standard InChI is InChI=1S/C8H11N5S/c1-13-3-2-7(12-13)10-4-6-5-11-8(9)14-6/h2-3,5H,4H2,1H3,(H2,9,11)(H,10,12). The molecule has 0 aliphatic rings. The zero-order chi connectivity index (χ0) is 9.97. The topological polar surface area (TPSA) is 68.8 Å². The van der Waals surface area contributed by atoms with Crippen LogP contribution >= 0.6 is 11.3 Å². The summed E-state index contributed by atoms with van der Waals surface area (Å²) in [4.78, 5) is 5.07. The highest BCUT2D eigenvalue weighted by atomic mass is 32.1. The Morgan fingerprint density at radius 1 is 1.64 bits per heavy atom. The van der Waals surface area contributed by atoms with Crippen molar-refractivity contribution in [3.8, 4) is 0 Å². The second-order valence-electron chi connectivity index (χ2n) is 2.89. The number of anilines is 2. The summed E-state index contributed by atoms with van der Waals surface area (Å²) in [6.07, 6.45) is 3.67. The highest BCUT2D eigenvalue weighted by molar-refractivity contribution is 7.15. The van der Waals surface area contributed by atoms with Gasteiger partial charge in [-0.1, -0.05) is 0 Å². The number of thiazole rings is 1. The lowest BCUT2D eigenvalue weighted by Crippen LogP contribution is -1.98. The summed E-state index contributed by atoms with van der Waals surface area (Å²) in [5.74, 6) is 0.861. The summed E-state index contributed by atoms with van der Waals surface area (Å²) in [6, 6.07) is 1.92. The fourth-order valence-electron chi connectivity index (χ4n) is 1.09. The largest absolute Gasteiger partial charge is 0.375 e. The Morgan fingerprint density at radius 3 is 3.07 bits per heavy atom. The van der Waals surface area contributed by atoms with Crippen molar-refractivity contribution < 1.29 is 0 Å². The fourth-order valence-corrected chi connectivity index (χ4v) is 1.72. The maximum absolute atomic E-state index is 5.51. The zero-order valence-corrected chi connectivity index (χ0v) is 8.58. The number of nitrogens with two attached hydrogens (primary N) is 1. The van der Waals surface area contributed by atoms with Crippen LogP contribution in [0.15, 0.2) is 18.5 Å². The maximum atomic E-state index is 5.51. The minimum atomic E-state index is 0.600. The van der Waals surface area contributed by atoms with E-state index in [4.69, 9.17) is 5.73 Å². The van der Waals surface area contributed by atoms with Crippen molar-refractivity contribution in [2.45, 2.75) is 6.54 Å². The van der Waals surface area contributed by atoms with E-state index in [0.717, 1.165) is 10.7 Å². The summed E-state index contributed by atoms with van der Waals surface area (Å²) in [7, 11) is 1.88. The molecule has 2 rings (SSSR count). The second-order valence-corrected chi connectivity index (χ2v) is 4.04. The summed E-state index contributed by atoms with van der Waals surface area (Å²) < 4.78 is 1.75. The summed E-state index contributed by atoms with van der Waals surface area (Å²) >= 11 is 1.48. The van der Waals surface area contributed by atoms with E-state index >= 15 is 0 Å². The molecule has 0 saturated carbocycles. The van der Waals surface area contributed by atoms with E-state index in [9.17, 15) is 0 Å². The van der Waals surface area contributed by atoms with Gasteiger partial charge in [-0.2, -0.15) is 5.10 Å². The third-order valence-corrected chi connectivity index (χ3v) is 2.56. The molecule has 0 amide bonds. The Bertz CT molecular complexity index is 379. The van der Waals surface area contributed by atoms with Gasteiger partial charge in [0.25, 0.3) is 0 Å². The third kappa shape index (κ3) is 2.02. The molecule has 2 aromatic rings. The predicted octanol–water partition coefficient (Wildman–Crippen LogP) is 1.07. The molecule has 0 saturated heterocycles. The summed E-state index contributed by atoms with van der Waals surface area (Å²) in [5, 5.41) is 7.97. The second kappa shape index (κ2) is 3.67. The van der Waals surface area contributed by atoms with Gasteiger partial charge in [0.15, 0.2) is 5.13 Å². The number of aromatic nitrogens is 3. The van der Waals surface area contributed by atoms with E-state index in [0.29, 0.717) is 11.7 Å². The van der Waals surface area contributed by atoms with Gasteiger partial charge in [-0.3, -0.25) is 4.68 Å². The van der Waals surface area contributed by atoms with Crippen LogP contribution in [-0.2, 0) is 13.6 Å². The van der Waals surface area contributed by atoms with Gasteiger partial charge in [0.1, 0.15) is 5.82 Å². The highest BCUT2D eigenvalue weighted by Gasteiger charge is 1.99. The van der Waals surface area contributed by atoms with Crippen LogP contribution in [0.1, 0.15) is 4.88 Å². The molecule has 14 heavy (non-hydrogen) atoms. The van der Waals surface area contributed by atoms with E-state index in [2.05, 4.69) is 15.4 Å². The lowest BCUT2D eigenvalue weighted by molar-refractivity contribution is 0.768. The van der Waals surface area contributed by atoms with E-state index in [-0.39, 0.29) is 0 Å². The zero-order valence-electron chi connectivity index (χ0n) is 7.77. The van der Waals surface area contributed by atoms with Gasteiger partial charge in [-0.05, 0) is 0 Å². The molecule has 0 spiro atoms. The molecule has 3 N–H and O–H groups in total. The van der Waals surface area contributed by atoms with Gasteiger partial charge in [0.05, 0.1) is 6.54 Å². The van der Waals surface area contributed by atoms with Crippen molar-refractivity contribution in [3.05, 3.63) is 23.3 Å². The Labute approximate surface area is 85.6 Å². The monoisotopic (exact) mass is 209 g/mol. The van der Waals surface area contributed by atoms with E-state index in [1.807, 2.05) is 19.3 Å². The van der Waals surface area contributed by atoms with Crippen LogP contribution in [0.25, 0.3) is 0 Å². The van der Waals surface area contributed by atoms with Crippen LogP contribution < -0.4 is 11.1 Å². The molecule has 0 aliphatic carbocycles. The van der Waals surface area contributed by atoms with Crippen molar-refractivity contribution in [1.82, 2.24) is 14.8 Å². The molecule has 0 radical (unpaired) electrons. The van der Waals surface area contributed by atoms with Crippen molar-refractivity contribution in [3.63, 3.8) is 0 Å². The van der Waals surface area contributed by atoms with Crippen LogP contribution in [0, 0.1) is 0 Å². The van der Waals surface area contributed by atoms with Gasteiger partial charge in [-0.15, -0.1) is 11.3 Å². The molecule has 2 heterocycles. The van der Waals surface area contributed by atoms with Gasteiger partial charge in [0.2, 0.25) is 0 Å². The number of rotatable bonds is 3. The minimum Gasteiger partial charge on any atom is -0.375 e. The number of nitrogens with one attached hydrogen (secondary N) is 1. The van der Waals surface area contributed by atoms with Gasteiger partial charge in [-0.25, -0.2) is 4.98 Å². The SMILES string of the molecule is Cn1ccc(NCc2cnc(N)s2)n1. The first-order chi connectivity index (χ1) is 6.74.